The quantitative estimate of drug-likeness (QED) is 0.901. The molecule has 1 aliphatic heterocycles. The van der Waals surface area contributed by atoms with E-state index < -0.39 is 10.0 Å². The van der Waals surface area contributed by atoms with Gasteiger partial charge in [-0.05, 0) is 30.7 Å². The molecule has 0 aliphatic carbocycles. The van der Waals surface area contributed by atoms with Crippen molar-refractivity contribution in [1.82, 2.24) is 14.6 Å². The Morgan fingerprint density at radius 1 is 1.20 bits per heavy atom. The number of rotatable bonds is 2. The van der Waals surface area contributed by atoms with Gasteiger partial charge in [0, 0.05) is 37.8 Å². The van der Waals surface area contributed by atoms with E-state index in [9.17, 15) is 8.42 Å². The molecule has 0 bridgehead atoms. The van der Waals surface area contributed by atoms with Crippen LogP contribution in [0.4, 0.5) is 0 Å². The molecule has 2 aromatic rings. The van der Waals surface area contributed by atoms with Crippen molar-refractivity contribution in [2.24, 2.45) is 0 Å². The van der Waals surface area contributed by atoms with E-state index in [4.69, 9.17) is 0 Å². The van der Waals surface area contributed by atoms with E-state index in [0.717, 1.165) is 11.1 Å². The van der Waals surface area contributed by atoms with E-state index in [1.54, 1.807) is 22.6 Å². The van der Waals surface area contributed by atoms with Crippen LogP contribution in [0.15, 0.2) is 35.4 Å². The van der Waals surface area contributed by atoms with Crippen LogP contribution < -0.4 is 5.32 Å². The predicted octanol–water partition coefficient (Wildman–Crippen LogP) is 1.14. The first-order chi connectivity index (χ1) is 9.60. The molecule has 1 aliphatic rings. The fraction of sp³-hybridized carbons (Fsp3) is 0.357. The highest BCUT2D eigenvalue weighted by molar-refractivity contribution is 7.89. The van der Waals surface area contributed by atoms with Crippen LogP contribution in [-0.2, 0) is 10.0 Å². The molecule has 1 fully saturated rings. The molecule has 3 rings (SSSR count). The van der Waals surface area contributed by atoms with Gasteiger partial charge in [-0.25, -0.2) is 8.42 Å². The lowest BCUT2D eigenvalue weighted by Gasteiger charge is -2.27. The van der Waals surface area contributed by atoms with Crippen molar-refractivity contribution in [2.75, 3.05) is 26.2 Å². The standard InChI is InChI=1S/C14H17N3O2S/c1-11-4-5-13(12-3-2-6-16-14(11)12)20(18,19)17-9-7-15-8-10-17/h2-6,15H,7-10H2,1H3. The third-order valence-electron chi connectivity index (χ3n) is 3.63. The minimum absolute atomic E-state index is 0.355. The van der Waals surface area contributed by atoms with Crippen LogP contribution >= 0.6 is 0 Å². The van der Waals surface area contributed by atoms with Crippen LogP contribution in [0.3, 0.4) is 0 Å². The number of sulfonamides is 1. The zero-order valence-electron chi connectivity index (χ0n) is 11.3. The second-order valence-electron chi connectivity index (χ2n) is 4.93. The summed E-state index contributed by atoms with van der Waals surface area (Å²) in [4.78, 5) is 4.66. The van der Waals surface area contributed by atoms with Crippen molar-refractivity contribution in [3.8, 4) is 0 Å². The summed E-state index contributed by atoms with van der Waals surface area (Å²) in [5.74, 6) is 0. The van der Waals surface area contributed by atoms with Gasteiger partial charge in [0.15, 0.2) is 0 Å². The lowest BCUT2D eigenvalue weighted by atomic mass is 10.1. The Balaban J connectivity index is 2.16. The monoisotopic (exact) mass is 291 g/mol. The number of nitrogens with one attached hydrogen (secondary N) is 1. The van der Waals surface area contributed by atoms with Gasteiger partial charge < -0.3 is 5.32 Å². The summed E-state index contributed by atoms with van der Waals surface area (Å²) in [7, 11) is -3.45. The van der Waals surface area contributed by atoms with Crippen molar-refractivity contribution in [2.45, 2.75) is 11.8 Å². The van der Waals surface area contributed by atoms with Crippen LogP contribution in [0.25, 0.3) is 10.9 Å². The first-order valence-electron chi connectivity index (χ1n) is 6.66. The van der Waals surface area contributed by atoms with E-state index in [0.29, 0.717) is 36.5 Å². The Bertz CT molecular complexity index is 737. The van der Waals surface area contributed by atoms with Crippen LogP contribution in [0.5, 0.6) is 0 Å². The van der Waals surface area contributed by atoms with Crippen LogP contribution in [0.2, 0.25) is 0 Å². The van der Waals surface area contributed by atoms with E-state index in [1.165, 1.54) is 0 Å². The molecule has 1 N–H and O–H groups in total. The topological polar surface area (TPSA) is 62.3 Å². The number of fused-ring (bicyclic) bond motifs is 1. The Labute approximate surface area is 118 Å². The second kappa shape index (κ2) is 5.12. The van der Waals surface area contributed by atoms with Gasteiger partial charge in [-0.3, -0.25) is 4.98 Å². The predicted molar refractivity (Wildman–Crippen MR) is 78.1 cm³/mol. The normalized spacial score (nSPS) is 17.4. The number of piperazine rings is 1. The van der Waals surface area contributed by atoms with Crippen LogP contribution in [0.1, 0.15) is 5.56 Å². The third-order valence-corrected chi connectivity index (χ3v) is 5.58. The zero-order valence-corrected chi connectivity index (χ0v) is 12.2. The van der Waals surface area contributed by atoms with Gasteiger partial charge in [0.05, 0.1) is 10.4 Å². The van der Waals surface area contributed by atoms with Gasteiger partial charge in [0.25, 0.3) is 0 Å². The molecule has 0 atom stereocenters. The number of pyridine rings is 1. The lowest BCUT2D eigenvalue weighted by Crippen LogP contribution is -2.46. The van der Waals surface area contributed by atoms with E-state index in [1.807, 2.05) is 19.1 Å². The summed E-state index contributed by atoms with van der Waals surface area (Å²) in [6.07, 6.45) is 1.69. The van der Waals surface area contributed by atoms with Gasteiger partial charge in [-0.1, -0.05) is 6.07 Å². The number of nitrogens with zero attached hydrogens (tertiary/aromatic N) is 2. The lowest BCUT2D eigenvalue weighted by molar-refractivity contribution is 0.360. The summed E-state index contributed by atoms with van der Waals surface area (Å²) in [6, 6.07) is 7.12. The summed E-state index contributed by atoms with van der Waals surface area (Å²) in [5.41, 5.74) is 1.74. The fourth-order valence-electron chi connectivity index (χ4n) is 2.54. The molecular formula is C14H17N3O2S. The molecule has 1 aromatic carbocycles. The van der Waals surface area contributed by atoms with Gasteiger partial charge in [-0.15, -0.1) is 0 Å². The Morgan fingerprint density at radius 3 is 2.70 bits per heavy atom. The van der Waals surface area contributed by atoms with Crippen molar-refractivity contribution in [1.29, 1.82) is 0 Å². The molecule has 6 heteroatoms. The minimum atomic E-state index is -3.45. The van der Waals surface area contributed by atoms with Crippen molar-refractivity contribution in [3.05, 3.63) is 36.0 Å². The maximum atomic E-state index is 12.8. The molecule has 106 valence electrons. The zero-order chi connectivity index (χ0) is 14.2. The van der Waals surface area contributed by atoms with Gasteiger partial charge in [0.2, 0.25) is 10.0 Å². The molecule has 5 nitrogen and oxygen atoms in total. The molecule has 2 heterocycles. The maximum Gasteiger partial charge on any atom is 0.243 e. The first-order valence-corrected chi connectivity index (χ1v) is 8.10. The van der Waals surface area contributed by atoms with Crippen LogP contribution in [-0.4, -0.2) is 43.9 Å². The van der Waals surface area contributed by atoms with Crippen LogP contribution in [0, 0.1) is 6.92 Å². The summed E-state index contributed by atoms with van der Waals surface area (Å²) in [5, 5.41) is 3.87. The molecule has 0 radical (unpaired) electrons. The Morgan fingerprint density at radius 2 is 1.95 bits per heavy atom. The molecule has 1 aromatic heterocycles. The molecule has 1 saturated heterocycles. The maximum absolute atomic E-state index is 12.8. The average molecular weight is 291 g/mol. The number of hydrogen-bond acceptors (Lipinski definition) is 4. The fourth-order valence-corrected chi connectivity index (χ4v) is 4.16. The van der Waals surface area contributed by atoms with E-state index in [2.05, 4.69) is 10.3 Å². The molecule has 0 spiro atoms. The number of benzene rings is 1. The number of hydrogen-bond donors (Lipinski definition) is 1. The first kappa shape index (κ1) is 13.5. The highest BCUT2D eigenvalue weighted by Gasteiger charge is 2.27. The Hall–Kier alpha value is -1.50. The SMILES string of the molecule is Cc1ccc(S(=O)(=O)N2CCNCC2)c2cccnc12. The summed E-state index contributed by atoms with van der Waals surface area (Å²) in [6.45, 7) is 4.36. The molecule has 0 saturated carbocycles. The third kappa shape index (κ3) is 2.19. The highest BCUT2D eigenvalue weighted by atomic mass is 32.2. The number of aromatic nitrogens is 1. The largest absolute Gasteiger partial charge is 0.314 e. The van der Waals surface area contributed by atoms with Gasteiger partial charge in [-0.2, -0.15) is 4.31 Å². The summed E-state index contributed by atoms with van der Waals surface area (Å²) < 4.78 is 27.1. The molecule has 20 heavy (non-hydrogen) atoms. The van der Waals surface area contributed by atoms with Crippen molar-refractivity contribution >= 4 is 20.9 Å². The Kier molecular flexibility index (Phi) is 3.45. The number of aryl methyl sites for hydroxylation is 1. The molecule has 0 amide bonds. The second-order valence-corrected chi connectivity index (χ2v) is 6.84. The molecular weight excluding hydrogens is 274 g/mol. The van der Waals surface area contributed by atoms with Gasteiger partial charge in [0.1, 0.15) is 0 Å². The van der Waals surface area contributed by atoms with E-state index in [-0.39, 0.29) is 0 Å². The van der Waals surface area contributed by atoms with Gasteiger partial charge >= 0.3 is 0 Å². The highest BCUT2D eigenvalue weighted by Crippen LogP contribution is 2.26. The van der Waals surface area contributed by atoms with E-state index >= 15 is 0 Å². The van der Waals surface area contributed by atoms with Crippen molar-refractivity contribution in [3.63, 3.8) is 0 Å². The van der Waals surface area contributed by atoms with Crippen molar-refractivity contribution < 1.29 is 8.42 Å². The minimum Gasteiger partial charge on any atom is -0.314 e. The smallest absolute Gasteiger partial charge is 0.243 e. The summed E-state index contributed by atoms with van der Waals surface area (Å²) >= 11 is 0. The average Bonchev–Trinajstić information content (AvgIpc) is 2.48. The molecule has 0 unspecified atom stereocenters.